The highest BCUT2D eigenvalue weighted by molar-refractivity contribution is 6.06. The number of fused-ring (bicyclic) bond motifs is 3. The molecule has 0 unspecified atom stereocenters. The van der Waals surface area contributed by atoms with E-state index in [-0.39, 0.29) is 0 Å². The van der Waals surface area contributed by atoms with Crippen molar-refractivity contribution in [2.75, 3.05) is 5.73 Å². The van der Waals surface area contributed by atoms with Crippen LogP contribution in [0.1, 0.15) is 6.92 Å². The lowest BCUT2D eigenvalue weighted by Gasteiger charge is -2.01. The largest absolute Gasteiger partial charge is 0.384 e. The molecule has 0 amide bonds. The Morgan fingerprint density at radius 3 is 2.75 bits per heavy atom. The van der Waals surface area contributed by atoms with Gasteiger partial charge in [-0.3, -0.25) is 0 Å². The molecule has 0 saturated heterocycles. The van der Waals surface area contributed by atoms with Crippen LogP contribution in [0.2, 0.25) is 0 Å². The minimum atomic E-state index is 0.574. The Labute approximate surface area is 93.5 Å². The van der Waals surface area contributed by atoms with Gasteiger partial charge in [-0.15, -0.1) is 0 Å². The first-order valence-electron chi connectivity index (χ1n) is 5.44. The number of nitrogens with zero attached hydrogens (tertiary/aromatic N) is 2. The number of benzene rings is 1. The third-order valence-corrected chi connectivity index (χ3v) is 2.95. The van der Waals surface area contributed by atoms with Gasteiger partial charge in [-0.1, -0.05) is 18.2 Å². The fraction of sp³-hybridized carbons (Fsp3) is 0.154. The van der Waals surface area contributed by atoms with E-state index in [4.69, 9.17) is 5.73 Å². The maximum absolute atomic E-state index is 5.74. The van der Waals surface area contributed by atoms with Crippen molar-refractivity contribution in [2.45, 2.75) is 13.5 Å². The number of hydrogen-bond acceptors (Lipinski definition) is 2. The number of para-hydroxylation sites is 1. The topological polar surface area (TPSA) is 43.8 Å². The monoisotopic (exact) mass is 211 g/mol. The minimum Gasteiger partial charge on any atom is -0.384 e. The first-order valence-corrected chi connectivity index (χ1v) is 5.44. The third-order valence-electron chi connectivity index (χ3n) is 2.95. The molecule has 2 N–H and O–H groups in total. The van der Waals surface area contributed by atoms with Crippen LogP contribution in [0, 0.1) is 0 Å². The van der Waals surface area contributed by atoms with Crippen molar-refractivity contribution >= 4 is 27.8 Å². The van der Waals surface area contributed by atoms with Gasteiger partial charge in [0.25, 0.3) is 0 Å². The number of anilines is 1. The lowest BCUT2D eigenvalue weighted by atomic mass is 10.2. The molecule has 0 aliphatic carbocycles. The zero-order valence-electron chi connectivity index (χ0n) is 9.14. The number of aryl methyl sites for hydroxylation is 1. The van der Waals surface area contributed by atoms with E-state index in [1.165, 1.54) is 16.3 Å². The van der Waals surface area contributed by atoms with E-state index in [1.807, 2.05) is 12.1 Å². The first kappa shape index (κ1) is 9.21. The Bertz CT molecular complexity index is 667. The van der Waals surface area contributed by atoms with Gasteiger partial charge in [-0.25, -0.2) is 4.98 Å². The smallest absolute Gasteiger partial charge is 0.143 e. The van der Waals surface area contributed by atoms with Gasteiger partial charge in [-0.2, -0.15) is 0 Å². The van der Waals surface area contributed by atoms with Crippen LogP contribution >= 0.6 is 0 Å². The molecule has 3 aromatic rings. The molecule has 80 valence electrons. The van der Waals surface area contributed by atoms with Gasteiger partial charge in [0.05, 0.1) is 5.52 Å². The number of nitrogen functional groups attached to an aromatic ring is 1. The van der Waals surface area contributed by atoms with Crippen LogP contribution in [-0.4, -0.2) is 9.55 Å². The van der Waals surface area contributed by atoms with Crippen molar-refractivity contribution in [3.05, 3.63) is 36.4 Å². The lowest BCUT2D eigenvalue weighted by Crippen LogP contribution is -1.97. The molecule has 3 heteroatoms. The Kier molecular flexibility index (Phi) is 1.86. The number of pyridine rings is 1. The zero-order valence-corrected chi connectivity index (χ0v) is 9.14. The van der Waals surface area contributed by atoms with Gasteiger partial charge in [0.15, 0.2) is 0 Å². The van der Waals surface area contributed by atoms with E-state index in [2.05, 4.69) is 40.7 Å². The Hall–Kier alpha value is -2.03. The van der Waals surface area contributed by atoms with E-state index in [9.17, 15) is 0 Å². The predicted molar refractivity (Wildman–Crippen MR) is 67.3 cm³/mol. The summed E-state index contributed by atoms with van der Waals surface area (Å²) in [5.74, 6) is 0.574. The summed E-state index contributed by atoms with van der Waals surface area (Å²) in [5, 5.41) is 2.42. The Balaban J connectivity index is 2.58. The molecule has 0 radical (unpaired) electrons. The van der Waals surface area contributed by atoms with Crippen molar-refractivity contribution in [3.8, 4) is 0 Å². The van der Waals surface area contributed by atoms with Gasteiger partial charge in [-0.05, 0) is 25.1 Å². The average Bonchev–Trinajstić information content (AvgIpc) is 2.61. The Morgan fingerprint density at radius 1 is 1.12 bits per heavy atom. The van der Waals surface area contributed by atoms with Crippen molar-refractivity contribution in [2.24, 2.45) is 0 Å². The number of aromatic nitrogens is 2. The third kappa shape index (κ3) is 1.11. The maximum atomic E-state index is 5.74. The van der Waals surface area contributed by atoms with E-state index in [1.54, 1.807) is 0 Å². The number of nitrogens with two attached hydrogens (primary N) is 1. The van der Waals surface area contributed by atoms with E-state index >= 15 is 0 Å². The van der Waals surface area contributed by atoms with Crippen molar-refractivity contribution < 1.29 is 0 Å². The van der Waals surface area contributed by atoms with Crippen molar-refractivity contribution in [1.82, 2.24) is 9.55 Å². The van der Waals surface area contributed by atoms with Crippen LogP contribution < -0.4 is 5.73 Å². The fourth-order valence-corrected chi connectivity index (χ4v) is 2.25. The quantitative estimate of drug-likeness (QED) is 0.672. The molecule has 2 aromatic heterocycles. The second-order valence-electron chi connectivity index (χ2n) is 3.87. The van der Waals surface area contributed by atoms with Gasteiger partial charge < -0.3 is 10.3 Å². The number of rotatable bonds is 1. The van der Waals surface area contributed by atoms with E-state index < -0.39 is 0 Å². The molecule has 3 nitrogen and oxygen atoms in total. The van der Waals surface area contributed by atoms with Gasteiger partial charge >= 0.3 is 0 Å². The molecular weight excluding hydrogens is 198 g/mol. The summed E-state index contributed by atoms with van der Waals surface area (Å²) in [4.78, 5) is 4.42. The molecule has 1 aromatic carbocycles. The molecular formula is C13H13N3. The second kappa shape index (κ2) is 3.23. The SMILES string of the molecule is CCn1c2ccccc2c2ccc(N)nc21. The highest BCUT2D eigenvalue weighted by Gasteiger charge is 2.09. The highest BCUT2D eigenvalue weighted by atomic mass is 15.0. The fourth-order valence-electron chi connectivity index (χ4n) is 2.25. The molecule has 0 atom stereocenters. The predicted octanol–water partition coefficient (Wildman–Crippen LogP) is 2.79. The van der Waals surface area contributed by atoms with Gasteiger partial charge in [0.1, 0.15) is 11.5 Å². The average molecular weight is 211 g/mol. The summed E-state index contributed by atoms with van der Waals surface area (Å²) in [6, 6.07) is 12.3. The summed E-state index contributed by atoms with van der Waals surface area (Å²) >= 11 is 0. The molecule has 0 spiro atoms. The zero-order chi connectivity index (χ0) is 11.1. The summed E-state index contributed by atoms with van der Waals surface area (Å²) in [7, 11) is 0. The van der Waals surface area contributed by atoms with E-state index in [0.717, 1.165) is 12.2 Å². The molecule has 0 fully saturated rings. The molecule has 0 bridgehead atoms. The van der Waals surface area contributed by atoms with Gasteiger partial charge in [0, 0.05) is 17.3 Å². The van der Waals surface area contributed by atoms with Crippen molar-refractivity contribution in [3.63, 3.8) is 0 Å². The standard InChI is InChI=1S/C13H13N3/c1-2-16-11-6-4-3-5-9(11)10-7-8-12(14)15-13(10)16/h3-8H,2H2,1H3,(H2,14,15). The molecule has 3 rings (SSSR count). The summed E-state index contributed by atoms with van der Waals surface area (Å²) in [6.07, 6.45) is 0. The van der Waals surface area contributed by atoms with Crippen LogP contribution in [0.4, 0.5) is 5.82 Å². The van der Waals surface area contributed by atoms with Crippen LogP contribution in [-0.2, 0) is 6.54 Å². The van der Waals surface area contributed by atoms with Gasteiger partial charge in [0.2, 0.25) is 0 Å². The molecule has 0 aliphatic heterocycles. The first-order chi connectivity index (χ1) is 7.81. The second-order valence-corrected chi connectivity index (χ2v) is 3.87. The summed E-state index contributed by atoms with van der Waals surface area (Å²) in [6.45, 7) is 3.03. The lowest BCUT2D eigenvalue weighted by molar-refractivity contribution is 0.817. The normalized spacial score (nSPS) is 11.3. The highest BCUT2D eigenvalue weighted by Crippen LogP contribution is 2.27. The summed E-state index contributed by atoms with van der Waals surface area (Å²) < 4.78 is 2.20. The number of hydrogen-bond donors (Lipinski definition) is 1. The van der Waals surface area contributed by atoms with E-state index in [0.29, 0.717) is 5.82 Å². The Morgan fingerprint density at radius 2 is 1.94 bits per heavy atom. The molecule has 16 heavy (non-hydrogen) atoms. The van der Waals surface area contributed by atoms with Crippen LogP contribution in [0.25, 0.3) is 21.9 Å². The summed E-state index contributed by atoms with van der Waals surface area (Å²) in [5.41, 5.74) is 7.94. The van der Waals surface area contributed by atoms with Crippen molar-refractivity contribution in [1.29, 1.82) is 0 Å². The molecule has 0 saturated carbocycles. The molecule has 2 heterocycles. The van der Waals surface area contributed by atoms with Crippen LogP contribution in [0.3, 0.4) is 0 Å². The van der Waals surface area contributed by atoms with Crippen LogP contribution in [0.5, 0.6) is 0 Å². The maximum Gasteiger partial charge on any atom is 0.143 e. The minimum absolute atomic E-state index is 0.574. The van der Waals surface area contributed by atoms with Crippen LogP contribution in [0.15, 0.2) is 36.4 Å². The molecule has 0 aliphatic rings.